The van der Waals surface area contributed by atoms with E-state index in [-0.39, 0.29) is 11.9 Å². The molecule has 0 unspecified atom stereocenters. The summed E-state index contributed by atoms with van der Waals surface area (Å²) in [6.07, 6.45) is 3.03. The molecular formula is C24H24Cl2N2O2. The number of benzene rings is 2. The summed E-state index contributed by atoms with van der Waals surface area (Å²) in [5.41, 5.74) is 3.94. The third-order valence-corrected chi connectivity index (χ3v) is 6.34. The van der Waals surface area contributed by atoms with Gasteiger partial charge in [-0.3, -0.25) is 4.79 Å². The highest BCUT2D eigenvalue weighted by atomic mass is 35.5. The van der Waals surface area contributed by atoms with E-state index in [2.05, 4.69) is 5.32 Å². The largest absolute Gasteiger partial charge is 0.391 e. The second kappa shape index (κ2) is 8.84. The minimum atomic E-state index is -0.496. The molecule has 4 nitrogen and oxygen atoms in total. The molecule has 0 aliphatic heterocycles. The minimum Gasteiger partial charge on any atom is -0.391 e. The summed E-state index contributed by atoms with van der Waals surface area (Å²) in [6.45, 7) is 1.91. The van der Waals surface area contributed by atoms with Crippen LogP contribution in [0.25, 0.3) is 16.9 Å². The Kier molecular flexibility index (Phi) is 6.19. The second-order valence-electron chi connectivity index (χ2n) is 7.75. The third kappa shape index (κ3) is 4.13. The van der Waals surface area contributed by atoms with Gasteiger partial charge in [-0.2, -0.15) is 0 Å². The fraction of sp³-hybridized carbons (Fsp3) is 0.292. The van der Waals surface area contributed by atoms with Crippen molar-refractivity contribution in [2.45, 2.75) is 44.8 Å². The fourth-order valence-corrected chi connectivity index (χ4v) is 4.49. The second-order valence-corrected chi connectivity index (χ2v) is 8.60. The molecule has 3 aromatic rings. The first-order valence-electron chi connectivity index (χ1n) is 10.2. The number of nitrogens with zero attached hydrogens (tertiary/aromatic N) is 1. The number of nitrogens with one attached hydrogen (secondary N) is 1. The predicted molar refractivity (Wildman–Crippen MR) is 122 cm³/mol. The Bertz CT molecular complexity index is 1060. The lowest BCUT2D eigenvalue weighted by Crippen LogP contribution is -2.45. The van der Waals surface area contributed by atoms with Crippen molar-refractivity contribution in [2.75, 3.05) is 0 Å². The Balaban J connectivity index is 1.78. The highest BCUT2D eigenvalue weighted by Crippen LogP contribution is 2.33. The number of para-hydroxylation sites is 1. The molecule has 0 radical (unpaired) electrons. The van der Waals surface area contributed by atoms with Gasteiger partial charge in [-0.25, -0.2) is 0 Å². The third-order valence-electron chi connectivity index (χ3n) is 5.77. The van der Waals surface area contributed by atoms with Crippen LogP contribution in [0.3, 0.4) is 0 Å². The average molecular weight is 443 g/mol. The molecule has 30 heavy (non-hydrogen) atoms. The van der Waals surface area contributed by atoms with E-state index in [1.54, 1.807) is 0 Å². The van der Waals surface area contributed by atoms with Crippen LogP contribution in [0.2, 0.25) is 10.0 Å². The van der Waals surface area contributed by atoms with Gasteiger partial charge in [0.2, 0.25) is 0 Å². The number of amides is 1. The van der Waals surface area contributed by atoms with Crippen LogP contribution in [-0.4, -0.2) is 27.7 Å². The number of rotatable bonds is 4. The molecule has 2 aromatic carbocycles. The Labute approximate surface area is 186 Å². The molecule has 4 rings (SSSR count). The zero-order valence-electron chi connectivity index (χ0n) is 16.7. The van der Waals surface area contributed by atoms with Crippen LogP contribution in [-0.2, 0) is 0 Å². The van der Waals surface area contributed by atoms with E-state index in [0.29, 0.717) is 15.6 Å². The van der Waals surface area contributed by atoms with Crippen molar-refractivity contribution in [3.05, 3.63) is 75.9 Å². The number of aromatic nitrogens is 1. The van der Waals surface area contributed by atoms with Gasteiger partial charge in [-0.15, -0.1) is 0 Å². The first-order valence-corrected chi connectivity index (χ1v) is 10.9. The van der Waals surface area contributed by atoms with Gasteiger partial charge in [0.15, 0.2) is 0 Å². The molecule has 0 bridgehead atoms. The summed E-state index contributed by atoms with van der Waals surface area (Å²) in [6, 6.07) is 16.7. The van der Waals surface area contributed by atoms with Crippen molar-refractivity contribution in [1.82, 2.24) is 9.88 Å². The normalized spacial score (nSPS) is 18.9. The summed E-state index contributed by atoms with van der Waals surface area (Å²) >= 11 is 12.6. The van der Waals surface area contributed by atoms with Crippen molar-refractivity contribution in [1.29, 1.82) is 0 Å². The number of hydrogen-bond donors (Lipinski definition) is 2. The van der Waals surface area contributed by atoms with Gasteiger partial charge < -0.3 is 15.0 Å². The number of aliphatic hydroxyl groups is 1. The highest BCUT2D eigenvalue weighted by Gasteiger charge is 2.27. The van der Waals surface area contributed by atoms with Gasteiger partial charge in [0.05, 0.1) is 34.1 Å². The first-order chi connectivity index (χ1) is 14.5. The topological polar surface area (TPSA) is 54.3 Å². The zero-order valence-corrected chi connectivity index (χ0v) is 18.2. The maximum absolute atomic E-state index is 13.2. The first kappa shape index (κ1) is 21.0. The molecule has 2 N–H and O–H groups in total. The number of aliphatic hydroxyl groups excluding tert-OH is 1. The lowest BCUT2D eigenvalue weighted by molar-refractivity contribution is 0.0717. The van der Waals surface area contributed by atoms with Crippen molar-refractivity contribution < 1.29 is 9.90 Å². The quantitative estimate of drug-likeness (QED) is 0.536. The van der Waals surface area contributed by atoms with Crippen LogP contribution < -0.4 is 5.32 Å². The molecule has 1 aromatic heterocycles. The lowest BCUT2D eigenvalue weighted by atomic mass is 9.92. The number of hydrogen-bond acceptors (Lipinski definition) is 2. The van der Waals surface area contributed by atoms with E-state index in [0.717, 1.165) is 48.3 Å². The minimum absolute atomic E-state index is 0.181. The molecule has 1 aliphatic rings. The highest BCUT2D eigenvalue weighted by molar-refractivity contribution is 6.32. The lowest BCUT2D eigenvalue weighted by Gasteiger charge is -2.28. The maximum atomic E-state index is 13.2. The molecule has 1 saturated carbocycles. The monoisotopic (exact) mass is 442 g/mol. The zero-order chi connectivity index (χ0) is 21.3. The van der Waals surface area contributed by atoms with Gasteiger partial charge >= 0.3 is 0 Å². The van der Waals surface area contributed by atoms with Gasteiger partial charge in [0, 0.05) is 10.7 Å². The Morgan fingerprint density at radius 2 is 1.77 bits per heavy atom. The SMILES string of the molecule is Cc1c(C(=O)N[C@@H]2CCCC[C@H]2O)cc(-c2ccc(Cl)cc2)n1-c1ccccc1Cl. The summed E-state index contributed by atoms with van der Waals surface area (Å²) in [4.78, 5) is 13.2. The Morgan fingerprint density at radius 1 is 1.07 bits per heavy atom. The molecule has 0 saturated heterocycles. The van der Waals surface area contributed by atoms with Crippen molar-refractivity contribution >= 4 is 29.1 Å². The van der Waals surface area contributed by atoms with E-state index in [1.165, 1.54) is 0 Å². The van der Waals surface area contributed by atoms with E-state index in [1.807, 2.05) is 66.1 Å². The Morgan fingerprint density at radius 3 is 2.47 bits per heavy atom. The Hall–Kier alpha value is -2.27. The van der Waals surface area contributed by atoms with E-state index in [4.69, 9.17) is 23.2 Å². The number of halogens is 2. The number of carbonyl (C=O) groups excluding carboxylic acids is 1. The smallest absolute Gasteiger partial charge is 0.253 e. The number of carbonyl (C=O) groups is 1. The molecular weight excluding hydrogens is 419 g/mol. The van der Waals surface area contributed by atoms with Crippen molar-refractivity contribution in [3.63, 3.8) is 0 Å². The van der Waals surface area contributed by atoms with Crippen molar-refractivity contribution in [3.8, 4) is 16.9 Å². The van der Waals surface area contributed by atoms with Crippen LogP contribution in [0.15, 0.2) is 54.6 Å². The van der Waals surface area contributed by atoms with Crippen LogP contribution >= 0.6 is 23.2 Å². The van der Waals surface area contributed by atoms with Crippen LogP contribution in [0.1, 0.15) is 41.7 Å². The van der Waals surface area contributed by atoms with Gasteiger partial charge in [-0.05, 0) is 55.7 Å². The van der Waals surface area contributed by atoms with Crippen LogP contribution in [0, 0.1) is 6.92 Å². The molecule has 1 heterocycles. The molecule has 6 heteroatoms. The van der Waals surface area contributed by atoms with Gasteiger partial charge in [-0.1, -0.05) is 60.3 Å². The summed E-state index contributed by atoms with van der Waals surface area (Å²) in [5.74, 6) is -0.181. The predicted octanol–water partition coefficient (Wildman–Crippen LogP) is 5.79. The summed E-state index contributed by atoms with van der Waals surface area (Å²) in [5, 5.41) is 14.5. The summed E-state index contributed by atoms with van der Waals surface area (Å²) < 4.78 is 2.00. The fourth-order valence-electron chi connectivity index (χ4n) is 4.14. The molecule has 1 aliphatic carbocycles. The molecule has 1 fully saturated rings. The molecule has 2 atom stereocenters. The van der Waals surface area contributed by atoms with E-state index in [9.17, 15) is 9.90 Å². The average Bonchev–Trinajstić information content (AvgIpc) is 3.08. The maximum Gasteiger partial charge on any atom is 0.253 e. The molecule has 0 spiro atoms. The van der Waals surface area contributed by atoms with E-state index >= 15 is 0 Å². The molecule has 1 amide bonds. The van der Waals surface area contributed by atoms with E-state index < -0.39 is 6.10 Å². The summed E-state index contributed by atoms with van der Waals surface area (Å²) in [7, 11) is 0. The standard InChI is InChI=1S/C24H24Cl2N2O2/c1-15-18(24(30)27-20-7-3-5-9-23(20)29)14-22(16-10-12-17(25)13-11-16)28(15)21-8-4-2-6-19(21)26/h2,4,6,8,10-14,20,23,29H,3,5,7,9H2,1H3,(H,27,30)/t20-,23-/m1/s1. The van der Waals surface area contributed by atoms with Gasteiger partial charge in [0.1, 0.15) is 0 Å². The van der Waals surface area contributed by atoms with Crippen molar-refractivity contribution in [2.24, 2.45) is 0 Å². The molecule has 156 valence electrons. The van der Waals surface area contributed by atoms with Gasteiger partial charge in [0.25, 0.3) is 5.91 Å². The van der Waals surface area contributed by atoms with Crippen LogP contribution in [0.4, 0.5) is 0 Å². The van der Waals surface area contributed by atoms with Crippen LogP contribution in [0.5, 0.6) is 0 Å².